The van der Waals surface area contributed by atoms with Crippen LogP contribution in [0.15, 0.2) is 41.6 Å². The zero-order chi connectivity index (χ0) is 16.4. The van der Waals surface area contributed by atoms with Crippen molar-refractivity contribution < 1.29 is 9.53 Å². The van der Waals surface area contributed by atoms with E-state index in [0.29, 0.717) is 20.8 Å². The molecule has 0 saturated carbocycles. The lowest BCUT2D eigenvalue weighted by Crippen LogP contribution is -2.03. The van der Waals surface area contributed by atoms with E-state index in [0.717, 1.165) is 16.8 Å². The van der Waals surface area contributed by atoms with Gasteiger partial charge in [0.25, 0.3) is 0 Å². The second kappa shape index (κ2) is 6.83. The monoisotopic (exact) mass is 366 g/mol. The molecule has 0 aliphatic carbocycles. The van der Waals surface area contributed by atoms with E-state index in [4.69, 9.17) is 27.9 Å². The summed E-state index contributed by atoms with van der Waals surface area (Å²) < 4.78 is 5.18. The standard InChI is InChI=1S/C16H12Cl2N2O2S/c1-22-10-3-5-13-14(7-10)20-16(19-13)23-8-15(21)11-4-2-9(17)6-12(11)18/h2-7H,8H2,1H3,(H,19,20). The van der Waals surface area contributed by atoms with Crippen molar-refractivity contribution in [3.05, 3.63) is 52.0 Å². The van der Waals surface area contributed by atoms with Gasteiger partial charge in [0.05, 0.1) is 28.9 Å². The van der Waals surface area contributed by atoms with Crippen LogP contribution in [0.4, 0.5) is 0 Å². The number of nitrogens with one attached hydrogen (secondary N) is 1. The van der Waals surface area contributed by atoms with Gasteiger partial charge in [-0.05, 0) is 30.3 Å². The number of aromatic nitrogens is 2. The maximum Gasteiger partial charge on any atom is 0.174 e. The number of benzene rings is 2. The van der Waals surface area contributed by atoms with Crippen molar-refractivity contribution in [2.24, 2.45) is 0 Å². The van der Waals surface area contributed by atoms with Gasteiger partial charge >= 0.3 is 0 Å². The zero-order valence-corrected chi connectivity index (χ0v) is 14.4. The number of H-pyrrole nitrogens is 1. The van der Waals surface area contributed by atoms with E-state index in [1.807, 2.05) is 18.2 Å². The lowest BCUT2D eigenvalue weighted by molar-refractivity contribution is 0.102. The van der Waals surface area contributed by atoms with Gasteiger partial charge in [0.1, 0.15) is 5.75 Å². The number of imidazole rings is 1. The van der Waals surface area contributed by atoms with E-state index in [-0.39, 0.29) is 11.5 Å². The third-order valence-electron chi connectivity index (χ3n) is 3.24. The summed E-state index contributed by atoms with van der Waals surface area (Å²) in [6, 6.07) is 10.4. The summed E-state index contributed by atoms with van der Waals surface area (Å²) in [6.07, 6.45) is 0. The summed E-state index contributed by atoms with van der Waals surface area (Å²) in [7, 11) is 1.61. The van der Waals surface area contributed by atoms with Crippen LogP contribution in [0.1, 0.15) is 10.4 Å². The molecule has 1 aromatic heterocycles. The van der Waals surface area contributed by atoms with Gasteiger partial charge in [-0.2, -0.15) is 0 Å². The van der Waals surface area contributed by atoms with Crippen molar-refractivity contribution >= 4 is 51.8 Å². The third-order valence-corrected chi connectivity index (χ3v) is 4.66. The maximum atomic E-state index is 12.3. The summed E-state index contributed by atoms with van der Waals surface area (Å²) >= 11 is 13.2. The highest BCUT2D eigenvalue weighted by atomic mass is 35.5. The molecule has 0 spiro atoms. The Morgan fingerprint density at radius 3 is 2.83 bits per heavy atom. The highest BCUT2D eigenvalue weighted by Gasteiger charge is 2.13. The van der Waals surface area contributed by atoms with Gasteiger partial charge in [-0.1, -0.05) is 35.0 Å². The van der Waals surface area contributed by atoms with Gasteiger partial charge in [0.2, 0.25) is 0 Å². The Morgan fingerprint density at radius 1 is 1.26 bits per heavy atom. The lowest BCUT2D eigenvalue weighted by Gasteiger charge is -2.02. The minimum atomic E-state index is -0.0743. The van der Waals surface area contributed by atoms with Crippen LogP contribution < -0.4 is 4.74 Å². The Morgan fingerprint density at radius 2 is 2.09 bits per heavy atom. The van der Waals surface area contributed by atoms with Crippen LogP contribution in [0.2, 0.25) is 10.0 Å². The third kappa shape index (κ3) is 3.63. The number of rotatable bonds is 5. The summed E-state index contributed by atoms with van der Waals surface area (Å²) in [5.74, 6) is 0.912. The van der Waals surface area contributed by atoms with Crippen molar-refractivity contribution in [2.75, 3.05) is 12.9 Å². The first-order valence-electron chi connectivity index (χ1n) is 6.71. The summed E-state index contributed by atoms with van der Waals surface area (Å²) in [4.78, 5) is 19.9. The predicted octanol–water partition coefficient (Wildman–Crippen LogP) is 4.85. The van der Waals surface area contributed by atoms with Crippen LogP contribution in [0, 0.1) is 0 Å². The van der Waals surface area contributed by atoms with Crippen LogP contribution in [0.5, 0.6) is 5.75 Å². The van der Waals surface area contributed by atoms with Gasteiger partial charge < -0.3 is 9.72 Å². The number of carbonyl (C=O) groups is 1. The van der Waals surface area contributed by atoms with Gasteiger partial charge in [-0.3, -0.25) is 4.79 Å². The Bertz CT molecular complexity index is 880. The molecule has 0 unspecified atom stereocenters. The second-order valence-corrected chi connectivity index (χ2v) is 6.57. The number of methoxy groups -OCH3 is 1. The molecule has 0 radical (unpaired) electrons. The molecular weight excluding hydrogens is 355 g/mol. The summed E-state index contributed by atoms with van der Waals surface area (Å²) in [5.41, 5.74) is 2.15. The number of ketones is 1. The largest absolute Gasteiger partial charge is 0.497 e. The van der Waals surface area contributed by atoms with Gasteiger partial charge in [0, 0.05) is 16.7 Å². The fourth-order valence-corrected chi connectivity index (χ4v) is 3.37. The molecule has 0 aliphatic rings. The van der Waals surface area contributed by atoms with Crippen molar-refractivity contribution in [3.8, 4) is 5.75 Å². The van der Waals surface area contributed by atoms with Crippen molar-refractivity contribution in [3.63, 3.8) is 0 Å². The van der Waals surface area contributed by atoms with Crippen LogP contribution >= 0.6 is 35.0 Å². The molecule has 3 aromatic rings. The molecule has 0 amide bonds. The van der Waals surface area contributed by atoms with Gasteiger partial charge in [0.15, 0.2) is 10.9 Å². The van der Waals surface area contributed by atoms with Crippen LogP contribution in [-0.2, 0) is 0 Å². The second-order valence-electron chi connectivity index (χ2n) is 4.76. The molecule has 4 nitrogen and oxygen atoms in total. The van der Waals surface area contributed by atoms with Gasteiger partial charge in [-0.25, -0.2) is 4.98 Å². The topological polar surface area (TPSA) is 55.0 Å². The van der Waals surface area contributed by atoms with Crippen LogP contribution in [0.3, 0.4) is 0 Å². The first-order chi connectivity index (χ1) is 11.1. The Labute approximate surface area is 147 Å². The average Bonchev–Trinajstić information content (AvgIpc) is 2.94. The molecule has 0 atom stereocenters. The number of aromatic amines is 1. The Hall–Kier alpha value is -1.69. The number of carbonyl (C=O) groups excluding carboxylic acids is 1. The highest BCUT2D eigenvalue weighted by Crippen LogP contribution is 2.26. The molecule has 0 fully saturated rings. The van der Waals surface area contributed by atoms with Crippen molar-refractivity contribution in [1.82, 2.24) is 9.97 Å². The molecule has 2 aromatic carbocycles. The molecule has 3 rings (SSSR count). The summed E-state index contributed by atoms with van der Waals surface area (Å²) in [5, 5.41) is 1.54. The minimum Gasteiger partial charge on any atom is -0.497 e. The first kappa shape index (κ1) is 16.2. The number of hydrogen-bond acceptors (Lipinski definition) is 4. The summed E-state index contributed by atoms with van der Waals surface area (Å²) in [6.45, 7) is 0. The number of nitrogens with zero attached hydrogens (tertiary/aromatic N) is 1. The van der Waals surface area contributed by atoms with Crippen molar-refractivity contribution in [1.29, 1.82) is 0 Å². The fraction of sp³-hybridized carbons (Fsp3) is 0.125. The zero-order valence-electron chi connectivity index (χ0n) is 12.1. The predicted molar refractivity (Wildman–Crippen MR) is 94.2 cm³/mol. The van der Waals surface area contributed by atoms with E-state index in [2.05, 4.69) is 9.97 Å². The molecule has 0 aliphatic heterocycles. The molecule has 1 N–H and O–H groups in total. The van der Waals surface area contributed by atoms with E-state index >= 15 is 0 Å². The normalized spacial score (nSPS) is 10.9. The molecule has 118 valence electrons. The Balaban J connectivity index is 1.73. The number of Topliss-reactive ketones (excluding diaryl/α,β-unsaturated/α-hetero) is 1. The smallest absolute Gasteiger partial charge is 0.174 e. The highest BCUT2D eigenvalue weighted by molar-refractivity contribution is 7.99. The van der Waals surface area contributed by atoms with Gasteiger partial charge in [-0.15, -0.1) is 0 Å². The molecule has 0 bridgehead atoms. The lowest BCUT2D eigenvalue weighted by atomic mass is 10.1. The van der Waals surface area contributed by atoms with Crippen molar-refractivity contribution in [2.45, 2.75) is 5.16 Å². The molecule has 0 saturated heterocycles. The van der Waals surface area contributed by atoms with E-state index in [1.165, 1.54) is 11.8 Å². The minimum absolute atomic E-state index is 0.0743. The van der Waals surface area contributed by atoms with E-state index in [9.17, 15) is 4.79 Å². The Kier molecular flexibility index (Phi) is 4.80. The first-order valence-corrected chi connectivity index (χ1v) is 8.46. The maximum absolute atomic E-state index is 12.3. The molecule has 7 heteroatoms. The average molecular weight is 367 g/mol. The number of halogens is 2. The van der Waals surface area contributed by atoms with Crippen LogP contribution in [0.25, 0.3) is 11.0 Å². The van der Waals surface area contributed by atoms with Crippen LogP contribution in [-0.4, -0.2) is 28.6 Å². The molecule has 1 heterocycles. The number of thioether (sulfide) groups is 1. The number of ether oxygens (including phenoxy) is 1. The number of hydrogen-bond donors (Lipinski definition) is 1. The van der Waals surface area contributed by atoms with E-state index in [1.54, 1.807) is 25.3 Å². The quantitative estimate of drug-likeness (QED) is 0.517. The van der Waals surface area contributed by atoms with E-state index < -0.39 is 0 Å². The fourth-order valence-electron chi connectivity index (χ4n) is 2.09. The SMILES string of the molecule is COc1ccc2nc(SCC(=O)c3ccc(Cl)cc3Cl)[nH]c2c1. The molecule has 23 heavy (non-hydrogen) atoms. The molecular formula is C16H12Cl2N2O2S. The number of fused-ring (bicyclic) bond motifs is 1.